The quantitative estimate of drug-likeness (QED) is 0.300. The first-order valence-electron chi connectivity index (χ1n) is 13.1. The van der Waals surface area contributed by atoms with Gasteiger partial charge in [-0.05, 0) is 55.8 Å². The van der Waals surface area contributed by atoms with Crippen molar-refractivity contribution in [1.82, 2.24) is 39.8 Å². The van der Waals surface area contributed by atoms with E-state index in [1.807, 2.05) is 43.6 Å². The van der Waals surface area contributed by atoms with Crippen LogP contribution in [-0.4, -0.2) is 66.1 Å². The standard InChI is InChI=1S/C29H27FN8O/c1-37-17-19(15-32-37)25-14-23-26(16-31-25)35-36-28(23)29-33-24-6-4-5-22(27(24)34-29)18-11-20(30)13-21(12-18)39-10-9-38-7-2-3-8-38/h4-6,11-17H,2-3,7-10H2,1H3,(H,33,34)(H,35,36). The number of aryl methyl sites for hydroxylation is 1. The number of benzene rings is 2. The van der Waals surface area contributed by atoms with Gasteiger partial charge in [0.1, 0.15) is 23.9 Å². The number of pyridine rings is 1. The van der Waals surface area contributed by atoms with E-state index in [1.54, 1.807) is 17.1 Å². The monoisotopic (exact) mass is 522 g/mol. The van der Waals surface area contributed by atoms with Gasteiger partial charge >= 0.3 is 0 Å². The van der Waals surface area contributed by atoms with Gasteiger partial charge in [-0.25, -0.2) is 9.37 Å². The molecule has 6 aromatic rings. The number of hydrogen-bond donors (Lipinski definition) is 2. The SMILES string of the molecule is Cn1cc(-c2cc3c(-c4nc5c(-c6cc(F)cc(OCCN7CCCC7)c6)cccc5[nH]4)n[nH]c3cn2)cn1. The van der Waals surface area contributed by atoms with E-state index in [0.717, 1.165) is 58.4 Å². The van der Waals surface area contributed by atoms with Crippen molar-refractivity contribution < 1.29 is 9.13 Å². The van der Waals surface area contributed by atoms with Gasteiger partial charge in [0.25, 0.3) is 0 Å². The third-order valence-electron chi connectivity index (χ3n) is 7.24. The van der Waals surface area contributed by atoms with Crippen LogP contribution in [0.25, 0.3) is 55.8 Å². The molecule has 0 radical (unpaired) electrons. The number of imidazole rings is 1. The van der Waals surface area contributed by atoms with Crippen LogP contribution in [0.1, 0.15) is 12.8 Å². The van der Waals surface area contributed by atoms with Crippen molar-refractivity contribution in [1.29, 1.82) is 0 Å². The number of hydrogen-bond acceptors (Lipinski definition) is 6. The van der Waals surface area contributed by atoms with E-state index < -0.39 is 0 Å². The molecule has 1 aliphatic rings. The Kier molecular flexibility index (Phi) is 5.81. The molecule has 0 saturated carbocycles. The van der Waals surface area contributed by atoms with Crippen molar-refractivity contribution in [3.05, 3.63) is 66.9 Å². The van der Waals surface area contributed by atoms with Gasteiger partial charge in [0.05, 0.1) is 34.6 Å². The molecule has 39 heavy (non-hydrogen) atoms. The molecule has 0 aliphatic carbocycles. The summed E-state index contributed by atoms with van der Waals surface area (Å²) in [5.41, 5.74) is 6.31. The van der Waals surface area contributed by atoms with E-state index in [-0.39, 0.29) is 5.82 Å². The summed E-state index contributed by atoms with van der Waals surface area (Å²) in [4.78, 5) is 15.2. The second kappa shape index (κ2) is 9.63. The molecule has 5 heterocycles. The highest BCUT2D eigenvalue weighted by Crippen LogP contribution is 2.34. The summed E-state index contributed by atoms with van der Waals surface area (Å²) in [5.74, 6) is 0.793. The first-order chi connectivity index (χ1) is 19.1. The highest BCUT2D eigenvalue weighted by molar-refractivity contribution is 5.97. The fourth-order valence-electron chi connectivity index (χ4n) is 5.29. The fraction of sp³-hybridized carbons (Fsp3) is 0.241. The van der Waals surface area contributed by atoms with Gasteiger partial charge in [0, 0.05) is 42.4 Å². The number of nitrogens with zero attached hydrogens (tertiary/aromatic N) is 6. The summed E-state index contributed by atoms with van der Waals surface area (Å²) in [6, 6.07) is 12.7. The molecule has 0 atom stereocenters. The van der Waals surface area contributed by atoms with Gasteiger partial charge < -0.3 is 9.72 Å². The van der Waals surface area contributed by atoms with Crippen LogP contribution in [0.2, 0.25) is 0 Å². The van der Waals surface area contributed by atoms with Gasteiger partial charge in [0.15, 0.2) is 5.82 Å². The number of para-hydroxylation sites is 1. The maximum atomic E-state index is 14.7. The predicted octanol–water partition coefficient (Wildman–Crippen LogP) is 5.18. The van der Waals surface area contributed by atoms with E-state index >= 15 is 0 Å². The Morgan fingerprint density at radius 1 is 1.03 bits per heavy atom. The Bertz CT molecular complexity index is 1800. The molecule has 0 unspecified atom stereocenters. The molecule has 196 valence electrons. The molecule has 2 aromatic carbocycles. The summed E-state index contributed by atoms with van der Waals surface area (Å²) in [5, 5.41) is 12.7. The Hall–Kier alpha value is -4.57. The van der Waals surface area contributed by atoms with Crippen LogP contribution < -0.4 is 4.74 Å². The zero-order chi connectivity index (χ0) is 26.3. The molecule has 1 fully saturated rings. The van der Waals surface area contributed by atoms with E-state index in [0.29, 0.717) is 29.4 Å². The van der Waals surface area contributed by atoms with Crippen molar-refractivity contribution in [2.24, 2.45) is 7.05 Å². The van der Waals surface area contributed by atoms with Crippen molar-refractivity contribution in [2.45, 2.75) is 12.8 Å². The Balaban J connectivity index is 1.23. The number of H-pyrrole nitrogens is 2. The summed E-state index contributed by atoms with van der Waals surface area (Å²) in [6.45, 7) is 3.59. The van der Waals surface area contributed by atoms with Gasteiger partial charge in [-0.1, -0.05) is 12.1 Å². The van der Waals surface area contributed by atoms with Crippen molar-refractivity contribution in [2.75, 3.05) is 26.2 Å². The summed E-state index contributed by atoms with van der Waals surface area (Å²) in [7, 11) is 1.87. The van der Waals surface area contributed by atoms with Crippen LogP contribution in [0.15, 0.2) is 61.1 Å². The normalized spacial score (nSPS) is 14.1. The van der Waals surface area contributed by atoms with Crippen molar-refractivity contribution in [3.63, 3.8) is 0 Å². The van der Waals surface area contributed by atoms with Crippen LogP contribution in [-0.2, 0) is 7.05 Å². The van der Waals surface area contributed by atoms with Gasteiger partial charge in [0.2, 0.25) is 0 Å². The molecule has 0 amide bonds. The third-order valence-corrected chi connectivity index (χ3v) is 7.24. The molecule has 2 N–H and O–H groups in total. The average molecular weight is 523 g/mol. The van der Waals surface area contributed by atoms with Crippen molar-refractivity contribution in [3.8, 4) is 39.7 Å². The van der Waals surface area contributed by atoms with Crippen LogP contribution in [0.4, 0.5) is 4.39 Å². The highest BCUT2D eigenvalue weighted by atomic mass is 19.1. The largest absolute Gasteiger partial charge is 0.492 e. The number of fused-ring (bicyclic) bond motifs is 2. The lowest BCUT2D eigenvalue weighted by molar-refractivity contribution is 0.237. The van der Waals surface area contributed by atoms with Gasteiger partial charge in [-0.3, -0.25) is 19.7 Å². The molecule has 0 spiro atoms. The Morgan fingerprint density at radius 2 is 1.92 bits per heavy atom. The van der Waals surface area contributed by atoms with Crippen LogP contribution in [0.5, 0.6) is 5.75 Å². The number of likely N-dealkylation sites (tertiary alicyclic amines) is 1. The summed E-state index contributed by atoms with van der Waals surface area (Å²) in [6.07, 6.45) is 7.93. The predicted molar refractivity (Wildman–Crippen MR) is 148 cm³/mol. The summed E-state index contributed by atoms with van der Waals surface area (Å²) < 4.78 is 22.4. The minimum absolute atomic E-state index is 0.342. The lowest BCUT2D eigenvalue weighted by Gasteiger charge is -2.15. The van der Waals surface area contributed by atoms with E-state index in [2.05, 4.69) is 30.2 Å². The maximum absolute atomic E-state index is 14.7. The summed E-state index contributed by atoms with van der Waals surface area (Å²) >= 11 is 0. The maximum Gasteiger partial charge on any atom is 0.159 e. The molecule has 0 bridgehead atoms. The first-order valence-corrected chi connectivity index (χ1v) is 13.1. The van der Waals surface area contributed by atoms with Crippen LogP contribution >= 0.6 is 0 Å². The molecular weight excluding hydrogens is 495 g/mol. The number of rotatable bonds is 7. The zero-order valence-corrected chi connectivity index (χ0v) is 21.5. The molecular formula is C29H27FN8O. The zero-order valence-electron chi connectivity index (χ0n) is 21.5. The highest BCUT2D eigenvalue weighted by Gasteiger charge is 2.17. The number of aromatic amines is 2. The minimum atomic E-state index is -0.342. The lowest BCUT2D eigenvalue weighted by atomic mass is 10.0. The number of halogens is 1. The number of nitrogens with one attached hydrogen (secondary N) is 2. The fourth-order valence-corrected chi connectivity index (χ4v) is 5.29. The Labute approximate surface area is 223 Å². The van der Waals surface area contributed by atoms with E-state index in [9.17, 15) is 4.39 Å². The molecule has 10 heteroatoms. The molecule has 4 aromatic heterocycles. The first kappa shape index (κ1) is 23.5. The van der Waals surface area contributed by atoms with Gasteiger partial charge in [-0.2, -0.15) is 10.2 Å². The lowest BCUT2D eigenvalue weighted by Crippen LogP contribution is -2.25. The minimum Gasteiger partial charge on any atom is -0.492 e. The smallest absolute Gasteiger partial charge is 0.159 e. The van der Waals surface area contributed by atoms with Gasteiger partial charge in [-0.15, -0.1) is 0 Å². The second-order valence-corrected chi connectivity index (χ2v) is 9.95. The topological polar surface area (TPSA) is 101 Å². The second-order valence-electron chi connectivity index (χ2n) is 9.95. The molecule has 1 aliphatic heterocycles. The molecule has 1 saturated heterocycles. The molecule has 9 nitrogen and oxygen atoms in total. The Morgan fingerprint density at radius 3 is 2.77 bits per heavy atom. The van der Waals surface area contributed by atoms with Crippen molar-refractivity contribution >= 4 is 21.9 Å². The number of ether oxygens (including phenoxy) is 1. The third kappa shape index (κ3) is 4.52. The molecule has 7 rings (SSSR count). The van der Waals surface area contributed by atoms with Crippen LogP contribution in [0, 0.1) is 5.82 Å². The number of aromatic nitrogens is 7. The van der Waals surface area contributed by atoms with E-state index in [1.165, 1.54) is 25.0 Å². The van der Waals surface area contributed by atoms with E-state index in [4.69, 9.17) is 9.72 Å². The van der Waals surface area contributed by atoms with Crippen LogP contribution in [0.3, 0.4) is 0 Å². The average Bonchev–Trinajstić information content (AvgIpc) is 3.74.